The van der Waals surface area contributed by atoms with E-state index < -0.39 is 0 Å². The third-order valence-electron chi connectivity index (χ3n) is 3.29. The lowest BCUT2D eigenvalue weighted by molar-refractivity contribution is -0.129. The van der Waals surface area contributed by atoms with Crippen LogP contribution in [0.3, 0.4) is 0 Å². The predicted molar refractivity (Wildman–Crippen MR) is 73.4 cm³/mol. The second-order valence-electron chi connectivity index (χ2n) is 4.81. The minimum absolute atomic E-state index is 0.263. The van der Waals surface area contributed by atoms with E-state index in [-0.39, 0.29) is 5.91 Å². The number of rotatable bonds is 3. The Kier molecular flexibility index (Phi) is 4.21. The largest absolute Gasteiger partial charge is 0.342 e. The first kappa shape index (κ1) is 12.6. The minimum Gasteiger partial charge on any atom is -0.342 e. The van der Waals surface area contributed by atoms with Crippen LogP contribution in [0.5, 0.6) is 0 Å². The molecule has 0 radical (unpaired) electrons. The third kappa shape index (κ3) is 3.32. The summed E-state index contributed by atoms with van der Waals surface area (Å²) in [5, 5.41) is 1.00. The maximum Gasteiger partial charge on any atom is 0.226 e. The van der Waals surface area contributed by atoms with Gasteiger partial charge in [-0.2, -0.15) is 0 Å². The molecule has 0 N–H and O–H groups in total. The zero-order valence-electron chi connectivity index (χ0n) is 10.2. The summed E-state index contributed by atoms with van der Waals surface area (Å²) in [4.78, 5) is 14.1. The Hall–Kier alpha value is -0.830. The Balaban J connectivity index is 1.93. The van der Waals surface area contributed by atoms with Crippen LogP contribution in [-0.4, -0.2) is 29.2 Å². The van der Waals surface area contributed by atoms with Gasteiger partial charge in [0, 0.05) is 18.4 Å². The summed E-state index contributed by atoms with van der Waals surface area (Å²) >= 11 is 3.49. The summed E-state index contributed by atoms with van der Waals surface area (Å²) in [7, 11) is 0. The zero-order chi connectivity index (χ0) is 12.3. The van der Waals surface area contributed by atoms with Gasteiger partial charge in [-0.05, 0) is 24.8 Å². The molecular weight excluding hydrogens is 278 g/mol. The lowest BCUT2D eigenvalue weighted by Crippen LogP contribution is -2.30. The Morgan fingerprint density at radius 3 is 3.00 bits per heavy atom. The Morgan fingerprint density at radius 1 is 1.53 bits per heavy atom. The third-order valence-corrected chi connectivity index (χ3v) is 4.21. The van der Waals surface area contributed by atoms with Gasteiger partial charge in [-0.1, -0.05) is 45.8 Å². The number of amides is 1. The quantitative estimate of drug-likeness (QED) is 0.785. The van der Waals surface area contributed by atoms with Crippen molar-refractivity contribution in [2.24, 2.45) is 5.92 Å². The molecule has 0 bridgehead atoms. The summed E-state index contributed by atoms with van der Waals surface area (Å²) in [6.07, 6.45) is 1.67. The van der Waals surface area contributed by atoms with Crippen molar-refractivity contribution < 1.29 is 4.79 Å². The molecule has 1 aliphatic rings. The minimum atomic E-state index is 0.263. The highest BCUT2D eigenvalue weighted by molar-refractivity contribution is 9.09. The number of likely N-dealkylation sites (tertiary alicyclic amines) is 1. The van der Waals surface area contributed by atoms with Gasteiger partial charge < -0.3 is 4.90 Å². The fourth-order valence-electron chi connectivity index (χ4n) is 2.29. The molecule has 0 saturated carbocycles. The van der Waals surface area contributed by atoms with Crippen LogP contribution in [-0.2, 0) is 11.2 Å². The van der Waals surface area contributed by atoms with Gasteiger partial charge in [0.25, 0.3) is 0 Å². The number of hydrogen-bond donors (Lipinski definition) is 0. The molecule has 1 amide bonds. The number of benzene rings is 1. The SMILES string of the molecule is Cc1cccc(CC(=O)N2CCC(CBr)C2)c1. The van der Waals surface area contributed by atoms with E-state index in [4.69, 9.17) is 0 Å². The van der Waals surface area contributed by atoms with Gasteiger partial charge >= 0.3 is 0 Å². The average molecular weight is 296 g/mol. The van der Waals surface area contributed by atoms with E-state index in [1.54, 1.807) is 0 Å². The number of nitrogens with zero attached hydrogens (tertiary/aromatic N) is 1. The number of carbonyl (C=O) groups is 1. The van der Waals surface area contributed by atoms with Gasteiger partial charge in [0.2, 0.25) is 5.91 Å². The van der Waals surface area contributed by atoms with Crippen molar-refractivity contribution in [2.45, 2.75) is 19.8 Å². The first-order valence-corrected chi connectivity index (χ1v) is 7.20. The molecule has 1 unspecified atom stereocenters. The molecule has 1 heterocycles. The lowest BCUT2D eigenvalue weighted by atomic mass is 10.1. The smallest absolute Gasteiger partial charge is 0.226 e. The highest BCUT2D eigenvalue weighted by Crippen LogP contribution is 2.19. The van der Waals surface area contributed by atoms with Crippen LogP contribution in [0.2, 0.25) is 0 Å². The number of aryl methyl sites for hydroxylation is 1. The Bertz CT molecular complexity index is 405. The molecule has 0 spiro atoms. The molecule has 2 rings (SSSR count). The van der Waals surface area contributed by atoms with Crippen LogP contribution in [0, 0.1) is 12.8 Å². The molecule has 1 saturated heterocycles. The van der Waals surface area contributed by atoms with Gasteiger partial charge in [-0.3, -0.25) is 4.79 Å². The summed E-state index contributed by atoms with van der Waals surface area (Å²) < 4.78 is 0. The summed E-state index contributed by atoms with van der Waals surface area (Å²) in [6, 6.07) is 8.20. The predicted octanol–water partition coefficient (Wildman–Crippen LogP) is 2.78. The van der Waals surface area contributed by atoms with Gasteiger partial charge in [-0.25, -0.2) is 0 Å². The molecule has 0 aliphatic carbocycles. The van der Waals surface area contributed by atoms with Crippen LogP contribution in [0.25, 0.3) is 0 Å². The summed E-state index contributed by atoms with van der Waals surface area (Å²) in [6.45, 7) is 3.89. The van der Waals surface area contributed by atoms with Gasteiger partial charge in [0.05, 0.1) is 6.42 Å². The fraction of sp³-hybridized carbons (Fsp3) is 0.500. The molecule has 1 fully saturated rings. The van der Waals surface area contributed by atoms with E-state index in [1.165, 1.54) is 5.56 Å². The standard InChI is InChI=1S/C14H18BrNO/c1-11-3-2-4-12(7-11)8-14(17)16-6-5-13(9-15)10-16/h2-4,7,13H,5-6,8-10H2,1H3. The van der Waals surface area contributed by atoms with Crippen LogP contribution < -0.4 is 0 Å². The van der Waals surface area contributed by atoms with Crippen LogP contribution in [0.15, 0.2) is 24.3 Å². The van der Waals surface area contributed by atoms with E-state index in [0.29, 0.717) is 12.3 Å². The molecule has 3 heteroatoms. The highest BCUT2D eigenvalue weighted by atomic mass is 79.9. The van der Waals surface area contributed by atoms with Crippen molar-refractivity contribution in [2.75, 3.05) is 18.4 Å². The maximum atomic E-state index is 12.1. The molecule has 2 nitrogen and oxygen atoms in total. The molecule has 1 aliphatic heterocycles. The van der Waals surface area contributed by atoms with E-state index in [0.717, 1.165) is 30.4 Å². The van der Waals surface area contributed by atoms with E-state index >= 15 is 0 Å². The topological polar surface area (TPSA) is 20.3 Å². The number of alkyl halides is 1. The van der Waals surface area contributed by atoms with Gasteiger partial charge in [0.15, 0.2) is 0 Å². The van der Waals surface area contributed by atoms with Crippen LogP contribution >= 0.6 is 15.9 Å². The molecule has 92 valence electrons. The van der Waals surface area contributed by atoms with E-state index in [9.17, 15) is 4.79 Å². The van der Waals surface area contributed by atoms with E-state index in [2.05, 4.69) is 35.0 Å². The highest BCUT2D eigenvalue weighted by Gasteiger charge is 2.25. The van der Waals surface area contributed by atoms with Gasteiger partial charge in [0.1, 0.15) is 0 Å². The number of halogens is 1. The maximum absolute atomic E-state index is 12.1. The molecule has 1 atom stereocenters. The first-order valence-electron chi connectivity index (χ1n) is 6.08. The van der Waals surface area contributed by atoms with Crippen molar-refractivity contribution in [3.63, 3.8) is 0 Å². The number of hydrogen-bond acceptors (Lipinski definition) is 1. The second kappa shape index (κ2) is 5.67. The average Bonchev–Trinajstić information content (AvgIpc) is 2.77. The van der Waals surface area contributed by atoms with Gasteiger partial charge in [-0.15, -0.1) is 0 Å². The van der Waals surface area contributed by atoms with Crippen LogP contribution in [0.1, 0.15) is 17.5 Å². The van der Waals surface area contributed by atoms with Crippen molar-refractivity contribution in [1.82, 2.24) is 4.90 Å². The molecule has 1 aromatic carbocycles. The number of carbonyl (C=O) groups excluding carboxylic acids is 1. The normalized spacial score (nSPS) is 19.6. The summed E-state index contributed by atoms with van der Waals surface area (Å²) in [5.41, 5.74) is 2.34. The molecular formula is C14H18BrNO. The van der Waals surface area contributed by atoms with Crippen molar-refractivity contribution in [1.29, 1.82) is 0 Å². The fourth-order valence-corrected chi connectivity index (χ4v) is 2.82. The second-order valence-corrected chi connectivity index (χ2v) is 5.46. The Morgan fingerprint density at radius 2 is 2.35 bits per heavy atom. The zero-order valence-corrected chi connectivity index (χ0v) is 11.7. The Labute approximate surface area is 111 Å². The summed E-state index contributed by atoms with van der Waals surface area (Å²) in [5.74, 6) is 0.899. The molecule has 17 heavy (non-hydrogen) atoms. The van der Waals surface area contributed by atoms with Crippen LogP contribution in [0.4, 0.5) is 0 Å². The molecule has 0 aromatic heterocycles. The molecule has 1 aromatic rings. The lowest BCUT2D eigenvalue weighted by Gasteiger charge is -2.16. The van der Waals surface area contributed by atoms with Crippen molar-refractivity contribution >= 4 is 21.8 Å². The monoisotopic (exact) mass is 295 g/mol. The van der Waals surface area contributed by atoms with E-state index in [1.807, 2.05) is 17.0 Å². The van der Waals surface area contributed by atoms with Crippen molar-refractivity contribution in [3.8, 4) is 0 Å². The first-order chi connectivity index (χ1) is 8.19. The van der Waals surface area contributed by atoms with Crippen molar-refractivity contribution in [3.05, 3.63) is 35.4 Å².